The third-order valence-corrected chi connectivity index (χ3v) is 3.73. The van der Waals surface area contributed by atoms with Crippen LogP contribution >= 0.6 is 0 Å². The zero-order chi connectivity index (χ0) is 14.9. The van der Waals surface area contributed by atoms with E-state index in [1.807, 2.05) is 25.2 Å². The minimum Gasteiger partial charge on any atom is -0.379 e. The number of anilines is 1. The molecule has 2 rings (SSSR count). The number of rotatable bonds is 7. The second-order valence-electron chi connectivity index (χ2n) is 5.31. The van der Waals surface area contributed by atoms with Crippen LogP contribution in [0.3, 0.4) is 0 Å². The summed E-state index contributed by atoms with van der Waals surface area (Å²) in [6, 6.07) is 10.1. The Morgan fingerprint density at radius 2 is 2.00 bits per heavy atom. The number of nitrogens with one attached hydrogen (secondary N) is 1. The maximum absolute atomic E-state index is 11.8. The molecule has 1 aromatic rings. The molecule has 0 saturated carbocycles. The average Bonchev–Trinajstić information content (AvgIpc) is 2.54. The highest BCUT2D eigenvalue weighted by Crippen LogP contribution is 2.10. The fraction of sp³-hybridized carbons (Fsp3) is 0.562. The van der Waals surface area contributed by atoms with Crippen LogP contribution in [0.25, 0.3) is 0 Å². The monoisotopic (exact) mass is 291 g/mol. The number of hydrogen-bond donors (Lipinski definition) is 1. The van der Waals surface area contributed by atoms with Gasteiger partial charge < -0.3 is 15.0 Å². The lowest BCUT2D eigenvalue weighted by molar-refractivity contribution is -0.121. The number of para-hydroxylation sites is 1. The molecule has 0 aliphatic carbocycles. The Kier molecular flexibility index (Phi) is 6.50. The lowest BCUT2D eigenvalue weighted by atomic mass is 10.3. The van der Waals surface area contributed by atoms with Gasteiger partial charge in [0.1, 0.15) is 0 Å². The minimum absolute atomic E-state index is 0.117. The van der Waals surface area contributed by atoms with Gasteiger partial charge in [-0.25, -0.2) is 0 Å². The Hall–Kier alpha value is -1.59. The molecule has 5 heteroatoms. The predicted octanol–water partition coefficient (Wildman–Crippen LogP) is 0.961. The zero-order valence-electron chi connectivity index (χ0n) is 12.8. The normalized spacial score (nSPS) is 15.7. The maximum atomic E-state index is 11.8. The standard InChI is InChI=1S/C16H25N3O2/c1-18(15-5-3-2-4-6-15)9-7-16(20)17-8-10-19-11-13-21-14-12-19/h2-6H,7-14H2,1H3,(H,17,20). The lowest BCUT2D eigenvalue weighted by Crippen LogP contribution is -2.41. The Labute approximate surface area is 126 Å². The van der Waals surface area contributed by atoms with Crippen LogP contribution in [0.1, 0.15) is 6.42 Å². The van der Waals surface area contributed by atoms with Crippen LogP contribution in [-0.2, 0) is 9.53 Å². The number of morpholine rings is 1. The van der Waals surface area contributed by atoms with Gasteiger partial charge in [-0.2, -0.15) is 0 Å². The van der Waals surface area contributed by atoms with Crippen LogP contribution in [0.5, 0.6) is 0 Å². The smallest absolute Gasteiger partial charge is 0.221 e. The number of amides is 1. The van der Waals surface area contributed by atoms with Crippen molar-refractivity contribution in [2.75, 3.05) is 57.9 Å². The van der Waals surface area contributed by atoms with Gasteiger partial charge in [0, 0.05) is 51.9 Å². The van der Waals surface area contributed by atoms with Crippen molar-refractivity contribution in [3.63, 3.8) is 0 Å². The highest BCUT2D eigenvalue weighted by atomic mass is 16.5. The third-order valence-electron chi connectivity index (χ3n) is 3.73. The number of carbonyl (C=O) groups is 1. The molecule has 0 atom stereocenters. The summed E-state index contributed by atoms with van der Waals surface area (Å²) in [5, 5.41) is 2.99. The first-order chi connectivity index (χ1) is 10.3. The van der Waals surface area contributed by atoms with Crippen LogP contribution in [0.2, 0.25) is 0 Å². The van der Waals surface area contributed by atoms with Crippen LogP contribution < -0.4 is 10.2 Å². The summed E-state index contributed by atoms with van der Waals surface area (Å²) in [5.41, 5.74) is 1.14. The summed E-state index contributed by atoms with van der Waals surface area (Å²) in [6.45, 7) is 5.88. The topological polar surface area (TPSA) is 44.8 Å². The molecule has 0 aromatic heterocycles. The zero-order valence-corrected chi connectivity index (χ0v) is 12.8. The molecule has 0 radical (unpaired) electrons. The van der Waals surface area contributed by atoms with Crippen molar-refractivity contribution in [2.45, 2.75) is 6.42 Å². The summed E-state index contributed by atoms with van der Waals surface area (Å²) in [7, 11) is 2.01. The largest absolute Gasteiger partial charge is 0.379 e. The van der Waals surface area contributed by atoms with E-state index in [1.165, 1.54) is 0 Å². The van der Waals surface area contributed by atoms with E-state index in [0.717, 1.165) is 45.1 Å². The summed E-state index contributed by atoms with van der Waals surface area (Å²) < 4.78 is 5.30. The molecular weight excluding hydrogens is 266 g/mol. The Morgan fingerprint density at radius 3 is 2.71 bits per heavy atom. The van der Waals surface area contributed by atoms with Crippen molar-refractivity contribution in [1.82, 2.24) is 10.2 Å². The molecule has 1 aliphatic heterocycles. The van der Waals surface area contributed by atoms with Crippen molar-refractivity contribution in [2.24, 2.45) is 0 Å². The number of nitrogens with zero attached hydrogens (tertiary/aromatic N) is 2. The fourth-order valence-electron chi connectivity index (χ4n) is 2.35. The van der Waals surface area contributed by atoms with Gasteiger partial charge in [-0.15, -0.1) is 0 Å². The van der Waals surface area contributed by atoms with E-state index in [-0.39, 0.29) is 5.91 Å². The van der Waals surface area contributed by atoms with E-state index in [1.54, 1.807) is 0 Å². The van der Waals surface area contributed by atoms with Crippen molar-refractivity contribution in [3.8, 4) is 0 Å². The molecule has 116 valence electrons. The van der Waals surface area contributed by atoms with Crippen molar-refractivity contribution in [1.29, 1.82) is 0 Å². The summed E-state index contributed by atoms with van der Waals surface area (Å²) in [5.74, 6) is 0.117. The van der Waals surface area contributed by atoms with Crippen LogP contribution in [0.4, 0.5) is 5.69 Å². The molecule has 0 spiro atoms. The molecule has 5 nitrogen and oxygen atoms in total. The molecule has 1 heterocycles. The molecular formula is C16H25N3O2. The van der Waals surface area contributed by atoms with Crippen LogP contribution in [0.15, 0.2) is 30.3 Å². The number of hydrogen-bond acceptors (Lipinski definition) is 4. The van der Waals surface area contributed by atoms with E-state index in [4.69, 9.17) is 4.74 Å². The minimum atomic E-state index is 0.117. The van der Waals surface area contributed by atoms with Gasteiger partial charge in [-0.3, -0.25) is 9.69 Å². The quantitative estimate of drug-likeness (QED) is 0.813. The van der Waals surface area contributed by atoms with Crippen molar-refractivity contribution in [3.05, 3.63) is 30.3 Å². The highest BCUT2D eigenvalue weighted by Gasteiger charge is 2.10. The second-order valence-corrected chi connectivity index (χ2v) is 5.31. The number of carbonyl (C=O) groups excluding carboxylic acids is 1. The molecule has 0 bridgehead atoms. The number of benzene rings is 1. The van der Waals surface area contributed by atoms with E-state index in [2.05, 4.69) is 27.2 Å². The summed E-state index contributed by atoms with van der Waals surface area (Å²) in [6.07, 6.45) is 0.522. The van der Waals surface area contributed by atoms with E-state index >= 15 is 0 Å². The second kappa shape index (κ2) is 8.64. The first-order valence-electron chi connectivity index (χ1n) is 7.58. The molecule has 1 N–H and O–H groups in total. The van der Waals surface area contributed by atoms with Crippen molar-refractivity contribution < 1.29 is 9.53 Å². The van der Waals surface area contributed by atoms with E-state index < -0.39 is 0 Å². The van der Waals surface area contributed by atoms with Crippen molar-refractivity contribution >= 4 is 11.6 Å². The molecule has 1 fully saturated rings. The Balaban J connectivity index is 1.59. The predicted molar refractivity (Wildman–Crippen MR) is 84.6 cm³/mol. The fourth-order valence-corrected chi connectivity index (χ4v) is 2.35. The molecule has 21 heavy (non-hydrogen) atoms. The summed E-state index contributed by atoms with van der Waals surface area (Å²) >= 11 is 0. The Bertz CT molecular complexity index is 419. The maximum Gasteiger partial charge on any atom is 0.221 e. The van der Waals surface area contributed by atoms with Gasteiger partial charge in [0.15, 0.2) is 0 Å². The van der Waals surface area contributed by atoms with Gasteiger partial charge in [-0.1, -0.05) is 18.2 Å². The number of ether oxygens (including phenoxy) is 1. The Morgan fingerprint density at radius 1 is 1.29 bits per heavy atom. The first-order valence-corrected chi connectivity index (χ1v) is 7.58. The van der Waals surface area contributed by atoms with Gasteiger partial charge in [-0.05, 0) is 12.1 Å². The molecule has 1 amide bonds. The molecule has 1 saturated heterocycles. The van der Waals surface area contributed by atoms with Gasteiger partial charge in [0.25, 0.3) is 0 Å². The van der Waals surface area contributed by atoms with E-state index in [9.17, 15) is 4.79 Å². The average molecular weight is 291 g/mol. The van der Waals surface area contributed by atoms with Crippen LogP contribution in [-0.4, -0.2) is 63.8 Å². The highest BCUT2D eigenvalue weighted by molar-refractivity contribution is 5.76. The van der Waals surface area contributed by atoms with Gasteiger partial charge in [0.2, 0.25) is 5.91 Å². The van der Waals surface area contributed by atoms with Gasteiger partial charge in [0.05, 0.1) is 13.2 Å². The van der Waals surface area contributed by atoms with E-state index in [0.29, 0.717) is 13.0 Å². The molecule has 1 aromatic carbocycles. The molecule has 0 unspecified atom stereocenters. The SMILES string of the molecule is CN(CCC(=O)NCCN1CCOCC1)c1ccccc1. The van der Waals surface area contributed by atoms with Gasteiger partial charge >= 0.3 is 0 Å². The lowest BCUT2D eigenvalue weighted by Gasteiger charge is -2.26. The van der Waals surface area contributed by atoms with Crippen LogP contribution in [0, 0.1) is 0 Å². The third kappa shape index (κ3) is 5.73. The first kappa shape index (κ1) is 15.8. The summed E-state index contributed by atoms with van der Waals surface area (Å²) in [4.78, 5) is 16.3. The molecule has 1 aliphatic rings.